The molecule has 1 aliphatic heterocycles. The lowest BCUT2D eigenvalue weighted by Crippen LogP contribution is -2.29. The van der Waals surface area contributed by atoms with E-state index in [1.54, 1.807) is 0 Å². The number of anilines is 1. The Hall–Kier alpha value is -1.19. The van der Waals surface area contributed by atoms with Gasteiger partial charge in [0.05, 0.1) is 4.92 Å². The second kappa shape index (κ2) is 4.68. The quantitative estimate of drug-likeness (QED) is 0.674. The molecule has 2 N–H and O–H groups in total. The second-order valence-electron chi connectivity index (χ2n) is 5.35. The van der Waals surface area contributed by atoms with Gasteiger partial charge >= 0.3 is 5.69 Å². The molecule has 0 bridgehead atoms. The summed E-state index contributed by atoms with van der Waals surface area (Å²) in [5, 5.41) is 10.7. The standard InChI is InChI=1S/C11H15N3O4S2/c12-11-9(14(15)16)4-10(19-11)20(17,18)13-5-7-2-1-3-8(7)6-13/h4,7-8H,1-3,5-6,12H2. The van der Waals surface area contributed by atoms with Gasteiger partial charge in [-0.05, 0) is 24.7 Å². The topological polar surface area (TPSA) is 107 Å². The van der Waals surface area contributed by atoms with Crippen LogP contribution in [0.2, 0.25) is 0 Å². The number of sulfonamides is 1. The molecule has 2 unspecified atom stereocenters. The number of nitrogen functional groups attached to an aromatic ring is 1. The van der Waals surface area contributed by atoms with E-state index >= 15 is 0 Å². The molecule has 0 radical (unpaired) electrons. The van der Waals surface area contributed by atoms with Gasteiger partial charge in [-0.2, -0.15) is 4.31 Å². The van der Waals surface area contributed by atoms with Gasteiger partial charge in [-0.25, -0.2) is 8.42 Å². The van der Waals surface area contributed by atoms with E-state index in [0.717, 1.165) is 30.2 Å². The summed E-state index contributed by atoms with van der Waals surface area (Å²) in [6.45, 7) is 1.05. The van der Waals surface area contributed by atoms with Gasteiger partial charge in [-0.1, -0.05) is 17.8 Å². The Balaban J connectivity index is 1.89. The van der Waals surface area contributed by atoms with Crippen LogP contribution in [-0.4, -0.2) is 30.7 Å². The summed E-state index contributed by atoms with van der Waals surface area (Å²) >= 11 is 0.771. The fraction of sp³-hybridized carbons (Fsp3) is 0.636. The van der Waals surface area contributed by atoms with Crippen LogP contribution < -0.4 is 5.73 Å². The van der Waals surface area contributed by atoms with Crippen molar-refractivity contribution in [3.05, 3.63) is 16.2 Å². The zero-order valence-corrected chi connectivity index (χ0v) is 12.3. The molecule has 1 aromatic rings. The third-order valence-electron chi connectivity index (χ3n) is 4.20. The summed E-state index contributed by atoms with van der Waals surface area (Å²) in [7, 11) is -3.65. The molecule has 0 spiro atoms. The first-order chi connectivity index (χ1) is 9.39. The molecule has 0 amide bonds. The smallest absolute Gasteiger partial charge is 0.304 e. The number of rotatable bonds is 3. The minimum atomic E-state index is -3.65. The van der Waals surface area contributed by atoms with Crippen LogP contribution in [0, 0.1) is 22.0 Å². The van der Waals surface area contributed by atoms with E-state index in [-0.39, 0.29) is 14.9 Å². The van der Waals surface area contributed by atoms with Gasteiger partial charge in [-0.3, -0.25) is 10.1 Å². The molecule has 2 heterocycles. The Morgan fingerprint density at radius 2 is 1.95 bits per heavy atom. The van der Waals surface area contributed by atoms with Crippen LogP contribution in [0.4, 0.5) is 10.7 Å². The summed E-state index contributed by atoms with van der Waals surface area (Å²) in [6, 6.07) is 1.07. The van der Waals surface area contributed by atoms with E-state index in [4.69, 9.17) is 5.73 Å². The molecule has 0 aromatic carbocycles. The Kier molecular flexibility index (Phi) is 3.22. The van der Waals surface area contributed by atoms with Crippen LogP contribution in [0.5, 0.6) is 0 Å². The van der Waals surface area contributed by atoms with Gasteiger partial charge in [-0.15, -0.1) is 0 Å². The summed E-state index contributed by atoms with van der Waals surface area (Å²) < 4.78 is 26.5. The third-order valence-corrected chi connectivity index (χ3v) is 7.44. The monoisotopic (exact) mass is 317 g/mol. The predicted molar refractivity (Wildman–Crippen MR) is 75.0 cm³/mol. The van der Waals surface area contributed by atoms with Crippen molar-refractivity contribution in [3.8, 4) is 0 Å². The maximum atomic E-state index is 12.5. The van der Waals surface area contributed by atoms with Crippen molar-refractivity contribution >= 4 is 32.0 Å². The lowest BCUT2D eigenvalue weighted by atomic mass is 10.0. The first kappa shape index (κ1) is 13.8. The minimum Gasteiger partial charge on any atom is -0.385 e. The van der Waals surface area contributed by atoms with Crippen LogP contribution in [0.1, 0.15) is 19.3 Å². The van der Waals surface area contributed by atoms with E-state index in [9.17, 15) is 18.5 Å². The van der Waals surface area contributed by atoms with E-state index in [1.807, 2.05) is 0 Å². The number of fused-ring (bicyclic) bond motifs is 1. The highest BCUT2D eigenvalue weighted by Crippen LogP contribution is 2.42. The molecule has 110 valence electrons. The van der Waals surface area contributed by atoms with Crippen LogP contribution in [-0.2, 0) is 10.0 Å². The van der Waals surface area contributed by atoms with Crippen molar-refractivity contribution in [1.29, 1.82) is 0 Å². The van der Waals surface area contributed by atoms with Crippen molar-refractivity contribution in [1.82, 2.24) is 4.31 Å². The Morgan fingerprint density at radius 1 is 1.35 bits per heavy atom. The zero-order chi connectivity index (χ0) is 14.5. The van der Waals surface area contributed by atoms with E-state index in [1.165, 1.54) is 10.7 Å². The summed E-state index contributed by atoms with van der Waals surface area (Å²) in [4.78, 5) is 10.1. The maximum absolute atomic E-state index is 12.5. The fourth-order valence-corrected chi connectivity index (χ4v) is 6.08. The lowest BCUT2D eigenvalue weighted by Gasteiger charge is -2.15. The summed E-state index contributed by atoms with van der Waals surface area (Å²) in [5.41, 5.74) is 5.20. The fourth-order valence-electron chi connectivity index (χ4n) is 3.16. The highest BCUT2D eigenvalue weighted by Gasteiger charge is 2.42. The Morgan fingerprint density at radius 3 is 2.45 bits per heavy atom. The number of nitro groups is 1. The largest absolute Gasteiger partial charge is 0.385 e. The Bertz CT molecular complexity index is 643. The van der Waals surface area contributed by atoms with E-state index in [0.29, 0.717) is 24.9 Å². The molecular weight excluding hydrogens is 302 g/mol. The van der Waals surface area contributed by atoms with Crippen molar-refractivity contribution in [3.63, 3.8) is 0 Å². The second-order valence-corrected chi connectivity index (χ2v) is 8.59. The van der Waals surface area contributed by atoms with Gasteiger partial charge in [0, 0.05) is 19.2 Å². The molecule has 9 heteroatoms. The van der Waals surface area contributed by atoms with E-state index < -0.39 is 14.9 Å². The predicted octanol–water partition coefficient (Wildman–Crippen LogP) is 1.66. The molecular formula is C11H15N3O4S2. The average Bonchev–Trinajstić information content (AvgIpc) is 3.00. The van der Waals surface area contributed by atoms with E-state index in [2.05, 4.69) is 0 Å². The van der Waals surface area contributed by atoms with Crippen molar-refractivity contribution < 1.29 is 13.3 Å². The Labute approximate surface area is 120 Å². The molecule has 1 aromatic heterocycles. The third kappa shape index (κ3) is 2.09. The first-order valence-electron chi connectivity index (χ1n) is 6.43. The van der Waals surface area contributed by atoms with Crippen LogP contribution >= 0.6 is 11.3 Å². The SMILES string of the molecule is Nc1sc(S(=O)(=O)N2CC3CCCC3C2)cc1[N+](=O)[O-]. The van der Waals surface area contributed by atoms with Gasteiger partial charge < -0.3 is 5.73 Å². The van der Waals surface area contributed by atoms with Gasteiger partial charge in [0.2, 0.25) is 0 Å². The number of thiophene rings is 1. The molecule has 1 saturated carbocycles. The zero-order valence-electron chi connectivity index (χ0n) is 10.7. The number of nitrogens with zero attached hydrogens (tertiary/aromatic N) is 2. The number of nitrogens with two attached hydrogens (primary N) is 1. The average molecular weight is 317 g/mol. The van der Waals surface area contributed by atoms with Crippen LogP contribution in [0.25, 0.3) is 0 Å². The normalized spacial score (nSPS) is 26.8. The molecule has 1 saturated heterocycles. The molecule has 2 fully saturated rings. The van der Waals surface area contributed by atoms with Gasteiger partial charge in [0.15, 0.2) is 5.00 Å². The molecule has 1 aliphatic carbocycles. The minimum absolute atomic E-state index is 0.0262. The summed E-state index contributed by atoms with van der Waals surface area (Å²) in [5.74, 6) is 0.883. The number of hydrogen-bond acceptors (Lipinski definition) is 6. The van der Waals surface area contributed by atoms with Crippen molar-refractivity contribution in [2.45, 2.75) is 23.5 Å². The first-order valence-corrected chi connectivity index (χ1v) is 8.69. The number of hydrogen-bond donors (Lipinski definition) is 1. The highest BCUT2D eigenvalue weighted by atomic mass is 32.2. The molecule has 2 atom stereocenters. The molecule has 20 heavy (non-hydrogen) atoms. The van der Waals surface area contributed by atoms with Gasteiger partial charge in [0.25, 0.3) is 10.0 Å². The van der Waals surface area contributed by atoms with Crippen molar-refractivity contribution in [2.24, 2.45) is 11.8 Å². The molecule has 7 nitrogen and oxygen atoms in total. The molecule has 2 aliphatic rings. The van der Waals surface area contributed by atoms with Gasteiger partial charge in [0.1, 0.15) is 4.21 Å². The lowest BCUT2D eigenvalue weighted by molar-refractivity contribution is -0.383. The highest BCUT2D eigenvalue weighted by molar-refractivity contribution is 7.91. The molecule has 3 rings (SSSR count). The van der Waals surface area contributed by atoms with Crippen LogP contribution in [0.3, 0.4) is 0 Å². The van der Waals surface area contributed by atoms with Crippen LogP contribution in [0.15, 0.2) is 10.3 Å². The summed E-state index contributed by atoms with van der Waals surface area (Å²) in [6.07, 6.45) is 3.31. The maximum Gasteiger partial charge on any atom is 0.304 e. The van der Waals surface area contributed by atoms with Crippen molar-refractivity contribution in [2.75, 3.05) is 18.8 Å².